The first kappa shape index (κ1) is 28.4. The van der Waals surface area contributed by atoms with Crippen molar-refractivity contribution < 1.29 is 32.2 Å². The fraction of sp³-hybridized carbons (Fsp3) is 0.346. The Hall–Kier alpha value is -3.15. The van der Waals surface area contributed by atoms with Crippen LogP contribution in [0.5, 0.6) is 5.75 Å². The first-order valence-corrected chi connectivity index (χ1v) is 14.4. The Labute approximate surface area is 219 Å². The van der Waals surface area contributed by atoms with E-state index in [0.29, 0.717) is 39.6 Å². The summed E-state index contributed by atoms with van der Waals surface area (Å²) < 4.78 is 42.3. The van der Waals surface area contributed by atoms with Crippen molar-refractivity contribution in [1.29, 1.82) is 0 Å². The molecule has 3 aromatic rings. The molecule has 11 heteroatoms. The zero-order valence-electron chi connectivity index (χ0n) is 20.8. The summed E-state index contributed by atoms with van der Waals surface area (Å²) in [5, 5.41) is 11.2. The minimum atomic E-state index is -3.53. The quantitative estimate of drug-likeness (QED) is 0.345. The Bertz CT molecular complexity index is 1360. The van der Waals surface area contributed by atoms with Gasteiger partial charge in [-0.25, -0.2) is 17.8 Å². The topological polar surface area (TPSA) is 114 Å². The molecule has 0 saturated heterocycles. The number of Topliss-reactive ketones (excluding diaryl/α,β-unsaturated/α-hetero) is 1. The van der Waals surface area contributed by atoms with E-state index >= 15 is 0 Å². The number of ketones is 1. The van der Waals surface area contributed by atoms with E-state index in [9.17, 15) is 27.5 Å². The predicted molar refractivity (Wildman–Crippen MR) is 139 cm³/mol. The number of carbonyl (C=O) groups excluding carboxylic acids is 2. The molecule has 0 spiro atoms. The second kappa shape index (κ2) is 12.4. The summed E-state index contributed by atoms with van der Waals surface area (Å²) in [5.74, 6) is -1.59. The molecule has 1 N–H and O–H groups in total. The number of halogens is 1. The minimum absolute atomic E-state index is 0.000974. The Morgan fingerprint density at radius 3 is 2.46 bits per heavy atom. The molecule has 0 unspecified atom stereocenters. The maximum atomic E-state index is 14.1. The molecule has 0 bridgehead atoms. The van der Waals surface area contributed by atoms with Crippen molar-refractivity contribution in [2.45, 2.75) is 32.4 Å². The predicted octanol–water partition coefficient (Wildman–Crippen LogP) is 3.52. The third-order valence-electron chi connectivity index (χ3n) is 5.63. The van der Waals surface area contributed by atoms with E-state index in [-0.39, 0.29) is 24.6 Å². The van der Waals surface area contributed by atoms with E-state index in [2.05, 4.69) is 4.98 Å². The van der Waals surface area contributed by atoms with Crippen molar-refractivity contribution in [3.8, 4) is 5.75 Å². The van der Waals surface area contributed by atoms with Crippen LogP contribution < -0.4 is 4.74 Å². The maximum Gasteiger partial charge on any atom is 0.256 e. The number of ether oxygens (including phenoxy) is 1. The summed E-state index contributed by atoms with van der Waals surface area (Å²) in [7, 11) is -2.01. The van der Waals surface area contributed by atoms with Gasteiger partial charge in [-0.15, -0.1) is 11.3 Å². The van der Waals surface area contributed by atoms with Crippen LogP contribution in [0.1, 0.15) is 44.0 Å². The van der Waals surface area contributed by atoms with E-state index < -0.39 is 33.4 Å². The van der Waals surface area contributed by atoms with Gasteiger partial charge in [0.15, 0.2) is 21.7 Å². The number of hydrogen-bond donors (Lipinski definition) is 1. The number of aliphatic hydroxyl groups excluding tert-OH is 1. The van der Waals surface area contributed by atoms with Crippen molar-refractivity contribution in [2.75, 3.05) is 25.7 Å². The summed E-state index contributed by atoms with van der Waals surface area (Å²) in [6.07, 6.45) is 0.326. The molecule has 0 saturated carbocycles. The Morgan fingerprint density at radius 2 is 1.84 bits per heavy atom. The van der Waals surface area contributed by atoms with Crippen LogP contribution in [-0.4, -0.2) is 60.8 Å². The molecule has 0 fully saturated rings. The number of aryl methyl sites for hydroxylation is 2. The van der Waals surface area contributed by atoms with Crippen LogP contribution >= 0.6 is 11.3 Å². The van der Waals surface area contributed by atoms with Gasteiger partial charge in [0.25, 0.3) is 5.91 Å². The molecule has 198 valence electrons. The number of aliphatic hydroxyl groups is 1. The molecule has 0 radical (unpaired) electrons. The molecule has 1 heterocycles. The number of sulfone groups is 1. The highest BCUT2D eigenvalue weighted by atomic mass is 32.2. The number of carbonyl (C=O) groups is 2. The van der Waals surface area contributed by atoms with Gasteiger partial charge in [0, 0.05) is 17.7 Å². The van der Waals surface area contributed by atoms with Gasteiger partial charge in [-0.05, 0) is 49.1 Å². The van der Waals surface area contributed by atoms with Gasteiger partial charge < -0.3 is 14.7 Å². The molecule has 8 nitrogen and oxygen atoms in total. The summed E-state index contributed by atoms with van der Waals surface area (Å²) in [6.45, 7) is 1.86. The average Bonchev–Trinajstić information content (AvgIpc) is 3.22. The first-order chi connectivity index (χ1) is 17.5. The van der Waals surface area contributed by atoms with Gasteiger partial charge in [-0.2, -0.15) is 0 Å². The van der Waals surface area contributed by atoms with E-state index in [1.165, 1.54) is 29.4 Å². The van der Waals surface area contributed by atoms with Gasteiger partial charge in [-0.3, -0.25) is 9.59 Å². The van der Waals surface area contributed by atoms with Crippen molar-refractivity contribution in [3.05, 3.63) is 81.1 Å². The summed E-state index contributed by atoms with van der Waals surface area (Å²) >= 11 is 1.18. The zero-order chi connectivity index (χ0) is 27.2. The van der Waals surface area contributed by atoms with Crippen molar-refractivity contribution in [1.82, 2.24) is 9.88 Å². The molecule has 1 atom stereocenters. The fourth-order valence-electron chi connectivity index (χ4n) is 3.78. The fourth-order valence-corrected chi connectivity index (χ4v) is 5.36. The number of amides is 1. The lowest BCUT2D eigenvalue weighted by atomic mass is 10.1. The molecule has 0 aliphatic carbocycles. The van der Waals surface area contributed by atoms with E-state index in [1.807, 2.05) is 0 Å². The highest BCUT2D eigenvalue weighted by molar-refractivity contribution is 7.91. The summed E-state index contributed by atoms with van der Waals surface area (Å²) in [6, 6.07) is 12.9. The molecule has 1 aromatic heterocycles. The highest BCUT2D eigenvalue weighted by Crippen LogP contribution is 2.24. The monoisotopic (exact) mass is 548 g/mol. The largest absolute Gasteiger partial charge is 0.497 e. The molecule has 2 aromatic carbocycles. The number of rotatable bonds is 12. The third-order valence-corrected chi connectivity index (χ3v) is 7.38. The molecule has 1 amide bonds. The SMILES string of the molecule is COc1ccc([C@@H](O)C(=O)N(CCCc2ccccc2F)Cc2nc(C(=O)CS(C)(=O)=O)c(C)s2)cc1. The van der Waals surface area contributed by atoms with Crippen LogP contribution in [0.4, 0.5) is 4.39 Å². The lowest BCUT2D eigenvalue weighted by Crippen LogP contribution is -2.35. The molecule has 3 rings (SSSR count). The molecule has 0 aliphatic heterocycles. The van der Waals surface area contributed by atoms with Crippen LogP contribution in [0.25, 0.3) is 0 Å². The van der Waals surface area contributed by atoms with Crippen LogP contribution in [0.15, 0.2) is 48.5 Å². The Kier molecular flexibility index (Phi) is 9.52. The average molecular weight is 549 g/mol. The molecule has 0 aliphatic rings. The standard InChI is InChI=1S/C26H29FN2O6S2/c1-17-24(22(30)16-37(3,33)34)28-23(36-17)15-29(14-6-8-18-7-4-5-9-21(18)27)26(32)25(31)19-10-12-20(35-2)13-11-19/h4-5,7,9-13,25,31H,6,8,14-16H2,1-3H3/t25-/m1/s1. The van der Waals surface area contributed by atoms with Crippen LogP contribution in [0, 0.1) is 12.7 Å². The lowest BCUT2D eigenvalue weighted by molar-refractivity contribution is -0.141. The van der Waals surface area contributed by atoms with Crippen molar-refractivity contribution in [3.63, 3.8) is 0 Å². The van der Waals surface area contributed by atoms with Crippen LogP contribution in [0.3, 0.4) is 0 Å². The van der Waals surface area contributed by atoms with Crippen LogP contribution in [-0.2, 0) is 27.6 Å². The number of benzene rings is 2. The van der Waals surface area contributed by atoms with Crippen LogP contribution in [0.2, 0.25) is 0 Å². The van der Waals surface area contributed by atoms with Gasteiger partial charge >= 0.3 is 0 Å². The van der Waals surface area contributed by atoms with E-state index in [0.717, 1.165) is 6.26 Å². The zero-order valence-corrected chi connectivity index (χ0v) is 22.4. The molecular formula is C26H29FN2O6S2. The minimum Gasteiger partial charge on any atom is -0.497 e. The second-order valence-corrected chi connectivity index (χ2v) is 12.1. The van der Waals surface area contributed by atoms with E-state index in [4.69, 9.17) is 4.74 Å². The van der Waals surface area contributed by atoms with Gasteiger partial charge in [0.2, 0.25) is 0 Å². The second-order valence-electron chi connectivity index (χ2n) is 8.64. The maximum absolute atomic E-state index is 14.1. The van der Waals surface area contributed by atoms with Crippen molar-refractivity contribution >= 4 is 32.9 Å². The summed E-state index contributed by atoms with van der Waals surface area (Å²) in [4.78, 5) is 32.0. The molecule has 37 heavy (non-hydrogen) atoms. The normalized spacial score (nSPS) is 12.2. The third kappa shape index (κ3) is 7.91. The Morgan fingerprint density at radius 1 is 1.16 bits per heavy atom. The number of nitrogens with zero attached hydrogens (tertiary/aromatic N) is 2. The van der Waals surface area contributed by atoms with Gasteiger partial charge in [0.1, 0.15) is 28.0 Å². The molecular weight excluding hydrogens is 519 g/mol. The number of thiazole rings is 1. The lowest BCUT2D eigenvalue weighted by Gasteiger charge is -2.25. The van der Waals surface area contributed by atoms with Gasteiger partial charge in [-0.1, -0.05) is 30.3 Å². The first-order valence-electron chi connectivity index (χ1n) is 11.5. The number of aromatic nitrogens is 1. The van der Waals surface area contributed by atoms with Gasteiger partial charge in [0.05, 0.1) is 13.7 Å². The summed E-state index contributed by atoms with van der Waals surface area (Å²) in [5.41, 5.74) is 0.952. The highest BCUT2D eigenvalue weighted by Gasteiger charge is 2.26. The van der Waals surface area contributed by atoms with E-state index in [1.54, 1.807) is 49.4 Å². The van der Waals surface area contributed by atoms with Crippen molar-refractivity contribution in [2.24, 2.45) is 0 Å². The number of hydrogen-bond acceptors (Lipinski definition) is 8. The smallest absolute Gasteiger partial charge is 0.256 e. The number of methoxy groups -OCH3 is 1. The Balaban J connectivity index is 1.81.